The number of ether oxygens (including phenoxy) is 1. The minimum atomic E-state index is -0.397. The summed E-state index contributed by atoms with van der Waals surface area (Å²) in [4.78, 5) is 16.9. The number of carbonyl (C=O) groups is 1. The first-order valence-electron chi connectivity index (χ1n) is 11.2. The lowest BCUT2D eigenvalue weighted by Crippen LogP contribution is -2.32. The van der Waals surface area contributed by atoms with Gasteiger partial charge in [-0.2, -0.15) is 0 Å². The number of halogens is 1. The van der Waals surface area contributed by atoms with Crippen LogP contribution in [0.15, 0.2) is 93.8 Å². The third-order valence-corrected chi connectivity index (χ3v) is 5.81. The van der Waals surface area contributed by atoms with Crippen LogP contribution in [0.3, 0.4) is 0 Å². The molecule has 0 radical (unpaired) electrons. The Labute approximate surface area is 222 Å². The standard InChI is InChI=1S/C28H20ClN3O4S/c1-34-22-10-13-25-23(16-22)31-27(36-25)18-3-2-4-20(15-18)30-28(37)32-26(33)14-11-21-9-12-24(35-21)17-5-7-19(29)8-6-17/h2-16H,1H3,(H2,30,32,33,37)/b14-11+. The zero-order valence-corrected chi connectivity index (χ0v) is 21.1. The first-order chi connectivity index (χ1) is 18.0. The van der Waals surface area contributed by atoms with Crippen LogP contribution in [-0.4, -0.2) is 23.1 Å². The largest absolute Gasteiger partial charge is 0.497 e. The highest BCUT2D eigenvalue weighted by Gasteiger charge is 2.11. The van der Waals surface area contributed by atoms with E-state index in [0.717, 1.165) is 11.1 Å². The highest BCUT2D eigenvalue weighted by Crippen LogP contribution is 2.28. The van der Waals surface area contributed by atoms with Crippen molar-refractivity contribution in [2.45, 2.75) is 0 Å². The van der Waals surface area contributed by atoms with Gasteiger partial charge in [0.05, 0.1) is 7.11 Å². The molecule has 5 aromatic rings. The van der Waals surface area contributed by atoms with Gasteiger partial charge in [0.25, 0.3) is 0 Å². The van der Waals surface area contributed by atoms with Gasteiger partial charge in [0.15, 0.2) is 10.7 Å². The van der Waals surface area contributed by atoms with Gasteiger partial charge >= 0.3 is 0 Å². The SMILES string of the molecule is COc1ccc2oc(-c3cccc(NC(=S)NC(=O)/C=C/c4ccc(-c5ccc(Cl)cc5)o4)c3)nc2c1. The second-order valence-corrected chi connectivity index (χ2v) is 8.76. The number of aromatic nitrogens is 1. The van der Waals surface area contributed by atoms with Crippen molar-refractivity contribution in [1.29, 1.82) is 0 Å². The van der Waals surface area contributed by atoms with Gasteiger partial charge in [-0.25, -0.2) is 4.98 Å². The molecule has 0 saturated heterocycles. The molecule has 9 heteroatoms. The number of rotatable bonds is 6. The molecular weight excluding hydrogens is 510 g/mol. The maximum absolute atomic E-state index is 12.4. The predicted molar refractivity (Wildman–Crippen MR) is 149 cm³/mol. The molecule has 0 aliphatic rings. The van der Waals surface area contributed by atoms with Crippen LogP contribution < -0.4 is 15.4 Å². The number of methoxy groups -OCH3 is 1. The maximum Gasteiger partial charge on any atom is 0.250 e. The van der Waals surface area contributed by atoms with E-state index in [1.165, 1.54) is 6.08 Å². The normalized spacial score (nSPS) is 11.1. The highest BCUT2D eigenvalue weighted by atomic mass is 35.5. The van der Waals surface area contributed by atoms with Crippen LogP contribution in [-0.2, 0) is 4.79 Å². The smallest absolute Gasteiger partial charge is 0.250 e. The molecule has 3 aromatic carbocycles. The second kappa shape index (κ2) is 10.7. The molecule has 2 heterocycles. The summed E-state index contributed by atoms with van der Waals surface area (Å²) in [7, 11) is 1.60. The average molecular weight is 530 g/mol. The van der Waals surface area contributed by atoms with E-state index in [-0.39, 0.29) is 5.11 Å². The monoisotopic (exact) mass is 529 g/mol. The Balaban J connectivity index is 1.20. The lowest BCUT2D eigenvalue weighted by Gasteiger charge is -2.08. The quantitative estimate of drug-likeness (QED) is 0.182. The summed E-state index contributed by atoms with van der Waals surface area (Å²) < 4.78 is 16.9. The van der Waals surface area contributed by atoms with E-state index in [0.29, 0.717) is 45.0 Å². The number of oxazole rings is 1. The molecule has 0 fully saturated rings. The van der Waals surface area contributed by atoms with Crippen LogP contribution in [0.2, 0.25) is 5.02 Å². The van der Waals surface area contributed by atoms with Gasteiger partial charge in [-0.15, -0.1) is 0 Å². The lowest BCUT2D eigenvalue weighted by atomic mass is 10.2. The molecule has 0 bridgehead atoms. The van der Waals surface area contributed by atoms with E-state index >= 15 is 0 Å². The van der Waals surface area contributed by atoms with Gasteiger partial charge in [-0.3, -0.25) is 10.1 Å². The van der Waals surface area contributed by atoms with Crippen LogP contribution in [0.1, 0.15) is 5.76 Å². The summed E-state index contributed by atoms with van der Waals surface area (Å²) in [5.41, 5.74) is 3.66. The summed E-state index contributed by atoms with van der Waals surface area (Å²) in [6.45, 7) is 0. The van der Waals surface area contributed by atoms with Gasteiger partial charge in [-0.1, -0.05) is 17.7 Å². The minimum absolute atomic E-state index is 0.149. The van der Waals surface area contributed by atoms with Gasteiger partial charge in [0, 0.05) is 34.0 Å². The third-order valence-electron chi connectivity index (χ3n) is 5.35. The molecule has 1 amide bonds. The number of hydrogen-bond acceptors (Lipinski definition) is 6. The number of carbonyl (C=O) groups excluding carboxylic acids is 1. The van der Waals surface area contributed by atoms with Crippen molar-refractivity contribution < 1.29 is 18.4 Å². The van der Waals surface area contributed by atoms with Crippen LogP contribution in [0.5, 0.6) is 5.75 Å². The summed E-state index contributed by atoms with van der Waals surface area (Å²) in [6, 6.07) is 23.7. The summed E-state index contributed by atoms with van der Waals surface area (Å²) in [5, 5.41) is 6.42. The Morgan fingerprint density at radius 3 is 2.65 bits per heavy atom. The number of nitrogens with zero attached hydrogens (tertiary/aromatic N) is 1. The molecule has 0 saturated carbocycles. The first-order valence-corrected chi connectivity index (χ1v) is 12.0. The van der Waals surface area contributed by atoms with Gasteiger partial charge in [0.1, 0.15) is 22.8 Å². The molecule has 5 rings (SSSR count). The molecule has 0 unspecified atom stereocenters. The molecule has 0 atom stereocenters. The average Bonchev–Trinajstić information content (AvgIpc) is 3.55. The molecule has 0 spiro atoms. The minimum Gasteiger partial charge on any atom is -0.497 e. The molecule has 0 aliphatic carbocycles. The Kier molecular flexibility index (Phi) is 7.02. The first kappa shape index (κ1) is 24.3. The number of hydrogen-bond donors (Lipinski definition) is 2. The number of thiocarbonyl (C=S) groups is 1. The molecule has 2 N–H and O–H groups in total. The Morgan fingerprint density at radius 2 is 1.84 bits per heavy atom. The molecular formula is C28H20ClN3O4S. The number of benzene rings is 3. The number of nitrogens with one attached hydrogen (secondary N) is 2. The van der Waals surface area contributed by atoms with Crippen LogP contribution in [0.4, 0.5) is 5.69 Å². The second-order valence-electron chi connectivity index (χ2n) is 7.92. The molecule has 2 aromatic heterocycles. The Bertz CT molecular complexity index is 1620. The van der Waals surface area contributed by atoms with Crippen LogP contribution >= 0.6 is 23.8 Å². The van der Waals surface area contributed by atoms with Crippen molar-refractivity contribution in [2.24, 2.45) is 0 Å². The number of anilines is 1. The zero-order valence-electron chi connectivity index (χ0n) is 19.5. The zero-order chi connectivity index (χ0) is 25.8. The molecule has 37 heavy (non-hydrogen) atoms. The van der Waals surface area contributed by atoms with E-state index in [1.807, 2.05) is 60.7 Å². The summed E-state index contributed by atoms with van der Waals surface area (Å²) in [6.07, 6.45) is 2.92. The van der Waals surface area contributed by atoms with Crippen molar-refractivity contribution in [2.75, 3.05) is 12.4 Å². The number of amides is 1. The van der Waals surface area contributed by atoms with Crippen molar-refractivity contribution in [3.05, 3.63) is 95.7 Å². The summed E-state index contributed by atoms with van der Waals surface area (Å²) in [5.74, 6) is 1.97. The van der Waals surface area contributed by atoms with Crippen LogP contribution in [0, 0.1) is 0 Å². The fraction of sp³-hybridized carbons (Fsp3) is 0.0357. The van der Waals surface area contributed by atoms with E-state index in [2.05, 4.69) is 15.6 Å². The van der Waals surface area contributed by atoms with Crippen molar-refractivity contribution in [3.63, 3.8) is 0 Å². The highest BCUT2D eigenvalue weighted by molar-refractivity contribution is 7.80. The van der Waals surface area contributed by atoms with E-state index in [9.17, 15) is 4.79 Å². The number of fused-ring (bicyclic) bond motifs is 1. The molecule has 7 nitrogen and oxygen atoms in total. The predicted octanol–water partition coefficient (Wildman–Crippen LogP) is 6.94. The van der Waals surface area contributed by atoms with Gasteiger partial charge < -0.3 is 18.9 Å². The van der Waals surface area contributed by atoms with Gasteiger partial charge in [0.2, 0.25) is 11.8 Å². The van der Waals surface area contributed by atoms with Gasteiger partial charge in [-0.05, 0) is 85.0 Å². The fourth-order valence-electron chi connectivity index (χ4n) is 3.57. The van der Waals surface area contributed by atoms with Crippen LogP contribution in [0.25, 0.3) is 40.0 Å². The van der Waals surface area contributed by atoms with E-state index < -0.39 is 5.91 Å². The lowest BCUT2D eigenvalue weighted by molar-refractivity contribution is -0.115. The Morgan fingerprint density at radius 1 is 1.00 bits per heavy atom. The van der Waals surface area contributed by atoms with E-state index in [4.69, 9.17) is 37.4 Å². The van der Waals surface area contributed by atoms with Crippen molar-refractivity contribution in [3.8, 4) is 28.5 Å². The Hall–Kier alpha value is -4.40. The van der Waals surface area contributed by atoms with E-state index in [1.54, 1.807) is 31.4 Å². The molecule has 0 aliphatic heterocycles. The maximum atomic E-state index is 12.4. The third kappa shape index (κ3) is 5.88. The fourth-order valence-corrected chi connectivity index (χ4v) is 3.92. The summed E-state index contributed by atoms with van der Waals surface area (Å²) >= 11 is 11.2. The van der Waals surface area contributed by atoms with Crippen molar-refractivity contribution in [1.82, 2.24) is 10.3 Å². The topological polar surface area (TPSA) is 89.5 Å². The van der Waals surface area contributed by atoms with Crippen molar-refractivity contribution >= 4 is 57.7 Å². The number of furan rings is 1. The molecule has 184 valence electrons.